The van der Waals surface area contributed by atoms with Crippen molar-refractivity contribution in [1.82, 2.24) is 24.6 Å². The maximum absolute atomic E-state index is 10.4. The SMILES string of the molecule is Cn1ncc2c(NC[C@H](O)CN3CCCCC3)nc(C(C)(C)C)nc21. The summed E-state index contributed by atoms with van der Waals surface area (Å²) >= 11 is 0. The molecule has 2 N–H and O–H groups in total. The molecule has 3 rings (SSSR count). The number of fused-ring (bicyclic) bond motifs is 1. The van der Waals surface area contributed by atoms with Crippen LogP contribution in [0.5, 0.6) is 0 Å². The van der Waals surface area contributed by atoms with Crippen LogP contribution in [-0.4, -0.2) is 62.0 Å². The maximum Gasteiger partial charge on any atom is 0.163 e. The average Bonchev–Trinajstić information content (AvgIpc) is 2.94. The summed E-state index contributed by atoms with van der Waals surface area (Å²) < 4.78 is 1.77. The van der Waals surface area contributed by atoms with Crippen molar-refractivity contribution in [1.29, 1.82) is 0 Å². The average molecular weight is 346 g/mol. The zero-order valence-corrected chi connectivity index (χ0v) is 15.8. The molecule has 25 heavy (non-hydrogen) atoms. The second kappa shape index (κ2) is 7.25. The van der Waals surface area contributed by atoms with Gasteiger partial charge in [0.1, 0.15) is 11.6 Å². The first kappa shape index (κ1) is 18.1. The minimum atomic E-state index is -0.419. The second-order valence-electron chi connectivity index (χ2n) is 8.05. The highest BCUT2D eigenvalue weighted by Gasteiger charge is 2.22. The first-order chi connectivity index (χ1) is 11.8. The third-order valence-corrected chi connectivity index (χ3v) is 4.69. The van der Waals surface area contributed by atoms with Crippen LogP contribution in [0.2, 0.25) is 0 Å². The summed E-state index contributed by atoms with van der Waals surface area (Å²) in [5.41, 5.74) is 0.661. The predicted octanol–water partition coefficient (Wildman–Crippen LogP) is 1.92. The van der Waals surface area contributed by atoms with Crippen molar-refractivity contribution in [3.63, 3.8) is 0 Å². The Morgan fingerprint density at radius 1 is 1.20 bits per heavy atom. The van der Waals surface area contributed by atoms with Crippen LogP contribution in [-0.2, 0) is 12.5 Å². The summed E-state index contributed by atoms with van der Waals surface area (Å²) in [5, 5.41) is 18.9. The molecule has 3 heterocycles. The molecule has 0 spiro atoms. The third kappa shape index (κ3) is 4.27. The molecule has 1 aliphatic rings. The number of β-amino-alcohol motifs (C(OH)–C–C–N with tert-alkyl or cyclic N) is 1. The molecule has 1 fully saturated rings. The number of nitrogens with one attached hydrogen (secondary N) is 1. The molecule has 2 aromatic rings. The van der Waals surface area contributed by atoms with Crippen LogP contribution in [0.3, 0.4) is 0 Å². The van der Waals surface area contributed by atoms with Gasteiger partial charge in [0, 0.05) is 25.6 Å². The number of likely N-dealkylation sites (tertiary alicyclic amines) is 1. The Labute approximate surface area is 149 Å². The first-order valence-electron chi connectivity index (χ1n) is 9.19. The molecule has 0 aromatic carbocycles. The Hall–Kier alpha value is -1.73. The van der Waals surface area contributed by atoms with Crippen molar-refractivity contribution in [2.45, 2.75) is 51.6 Å². The van der Waals surface area contributed by atoms with Crippen LogP contribution in [0, 0.1) is 0 Å². The molecule has 1 aliphatic heterocycles. The van der Waals surface area contributed by atoms with Gasteiger partial charge in [-0.2, -0.15) is 5.10 Å². The lowest BCUT2D eigenvalue weighted by Gasteiger charge is -2.28. The minimum absolute atomic E-state index is 0.151. The molecule has 0 aliphatic carbocycles. The number of aromatic nitrogens is 4. The molecule has 138 valence electrons. The molecular formula is C18H30N6O. The molecule has 7 nitrogen and oxygen atoms in total. The van der Waals surface area contributed by atoms with E-state index in [0.29, 0.717) is 13.1 Å². The Bertz CT molecular complexity index is 714. The van der Waals surface area contributed by atoms with Gasteiger partial charge in [0.2, 0.25) is 0 Å². The first-order valence-corrected chi connectivity index (χ1v) is 9.19. The van der Waals surface area contributed by atoms with E-state index in [1.54, 1.807) is 10.9 Å². The zero-order valence-electron chi connectivity index (χ0n) is 15.8. The van der Waals surface area contributed by atoms with E-state index in [0.717, 1.165) is 35.8 Å². The Kier molecular flexibility index (Phi) is 5.24. The molecule has 2 aromatic heterocycles. The van der Waals surface area contributed by atoms with Crippen LogP contribution < -0.4 is 5.32 Å². The lowest BCUT2D eigenvalue weighted by atomic mass is 9.95. The lowest BCUT2D eigenvalue weighted by molar-refractivity contribution is 0.109. The number of nitrogens with zero attached hydrogens (tertiary/aromatic N) is 5. The van der Waals surface area contributed by atoms with E-state index in [4.69, 9.17) is 4.98 Å². The molecule has 0 saturated carbocycles. The quantitative estimate of drug-likeness (QED) is 0.861. The van der Waals surface area contributed by atoms with Gasteiger partial charge in [0.15, 0.2) is 5.65 Å². The van der Waals surface area contributed by atoms with Gasteiger partial charge in [0.05, 0.1) is 17.7 Å². The van der Waals surface area contributed by atoms with E-state index in [1.807, 2.05) is 7.05 Å². The topological polar surface area (TPSA) is 79.1 Å². The highest BCUT2D eigenvalue weighted by Crippen LogP contribution is 2.25. The molecule has 0 bridgehead atoms. The second-order valence-corrected chi connectivity index (χ2v) is 8.05. The van der Waals surface area contributed by atoms with Crippen molar-refractivity contribution < 1.29 is 5.11 Å². The summed E-state index contributed by atoms with van der Waals surface area (Å²) in [6.07, 6.45) is 5.13. The van der Waals surface area contributed by atoms with Crippen molar-refractivity contribution in [3.05, 3.63) is 12.0 Å². The molecule has 0 unspecified atom stereocenters. The highest BCUT2D eigenvalue weighted by molar-refractivity contribution is 5.86. The highest BCUT2D eigenvalue weighted by atomic mass is 16.3. The van der Waals surface area contributed by atoms with Gasteiger partial charge in [0.25, 0.3) is 0 Å². The Morgan fingerprint density at radius 2 is 1.92 bits per heavy atom. The number of aryl methyl sites for hydroxylation is 1. The Balaban J connectivity index is 1.73. The van der Waals surface area contributed by atoms with E-state index in [1.165, 1.54) is 19.3 Å². The number of rotatable bonds is 5. The standard InChI is InChI=1S/C18H30N6O/c1-18(2,3)17-21-15(14-11-20-23(4)16(14)22-17)19-10-13(25)12-24-8-6-5-7-9-24/h11,13,25H,5-10,12H2,1-4H3,(H,19,21,22)/t13-/m0/s1. The molecular weight excluding hydrogens is 316 g/mol. The van der Waals surface area contributed by atoms with Gasteiger partial charge in [-0.05, 0) is 25.9 Å². The van der Waals surface area contributed by atoms with E-state index in [9.17, 15) is 5.11 Å². The molecule has 7 heteroatoms. The number of hydrogen-bond donors (Lipinski definition) is 2. The fraction of sp³-hybridized carbons (Fsp3) is 0.722. The molecule has 0 radical (unpaired) electrons. The summed E-state index contributed by atoms with van der Waals surface area (Å²) in [4.78, 5) is 11.7. The number of piperidine rings is 1. The summed E-state index contributed by atoms with van der Waals surface area (Å²) in [6, 6.07) is 0. The van der Waals surface area contributed by atoms with Gasteiger partial charge >= 0.3 is 0 Å². The largest absolute Gasteiger partial charge is 0.390 e. The predicted molar refractivity (Wildman–Crippen MR) is 99.8 cm³/mol. The van der Waals surface area contributed by atoms with E-state index in [-0.39, 0.29) is 5.41 Å². The van der Waals surface area contributed by atoms with Gasteiger partial charge in [-0.3, -0.25) is 4.68 Å². The number of aliphatic hydroxyl groups is 1. The smallest absolute Gasteiger partial charge is 0.163 e. The fourth-order valence-electron chi connectivity index (χ4n) is 3.21. The van der Waals surface area contributed by atoms with E-state index >= 15 is 0 Å². The molecule has 1 atom stereocenters. The van der Waals surface area contributed by atoms with Crippen molar-refractivity contribution in [2.75, 3.05) is 31.5 Å². The van der Waals surface area contributed by atoms with E-state index in [2.05, 4.69) is 41.1 Å². The van der Waals surface area contributed by atoms with Crippen molar-refractivity contribution in [3.8, 4) is 0 Å². The van der Waals surface area contributed by atoms with Crippen LogP contribution in [0.25, 0.3) is 11.0 Å². The number of aliphatic hydroxyl groups excluding tert-OH is 1. The fourth-order valence-corrected chi connectivity index (χ4v) is 3.21. The van der Waals surface area contributed by atoms with Gasteiger partial charge < -0.3 is 15.3 Å². The number of anilines is 1. The van der Waals surface area contributed by atoms with Crippen molar-refractivity contribution in [2.24, 2.45) is 7.05 Å². The minimum Gasteiger partial charge on any atom is -0.390 e. The molecule has 0 amide bonds. The van der Waals surface area contributed by atoms with E-state index < -0.39 is 6.10 Å². The third-order valence-electron chi connectivity index (χ3n) is 4.69. The molecule has 1 saturated heterocycles. The zero-order chi connectivity index (χ0) is 18.0. The lowest BCUT2D eigenvalue weighted by Crippen LogP contribution is -2.39. The maximum atomic E-state index is 10.4. The van der Waals surface area contributed by atoms with Crippen LogP contribution in [0.15, 0.2) is 6.20 Å². The van der Waals surface area contributed by atoms with Gasteiger partial charge in [-0.1, -0.05) is 27.2 Å². The van der Waals surface area contributed by atoms with Crippen LogP contribution >= 0.6 is 0 Å². The summed E-state index contributed by atoms with van der Waals surface area (Å²) in [7, 11) is 1.89. The van der Waals surface area contributed by atoms with Crippen LogP contribution in [0.1, 0.15) is 45.9 Å². The van der Waals surface area contributed by atoms with Gasteiger partial charge in [-0.25, -0.2) is 9.97 Å². The Morgan fingerprint density at radius 3 is 2.60 bits per heavy atom. The number of hydrogen-bond acceptors (Lipinski definition) is 6. The monoisotopic (exact) mass is 346 g/mol. The van der Waals surface area contributed by atoms with Crippen LogP contribution in [0.4, 0.5) is 5.82 Å². The van der Waals surface area contributed by atoms with Crippen molar-refractivity contribution >= 4 is 16.9 Å². The summed E-state index contributed by atoms with van der Waals surface area (Å²) in [6.45, 7) is 9.65. The summed E-state index contributed by atoms with van der Waals surface area (Å²) in [5.74, 6) is 1.53. The van der Waals surface area contributed by atoms with Gasteiger partial charge in [-0.15, -0.1) is 0 Å². The normalized spacial score (nSPS) is 17.8.